The maximum atomic E-state index is 9.96. The molecule has 0 saturated carbocycles. The molecule has 1 unspecified atom stereocenters. The number of phenolic OH excluding ortho intramolecular Hbond substituents is 1. The highest BCUT2D eigenvalue weighted by Crippen LogP contribution is 2.18. The molecule has 3 nitrogen and oxygen atoms in total. The molecule has 1 aromatic carbocycles. The predicted molar refractivity (Wildman–Crippen MR) is 56.1 cm³/mol. The molecule has 0 spiro atoms. The molecular weight excluding hydrogens is 178 g/mol. The number of rotatable bonds is 4. The van der Waals surface area contributed by atoms with Crippen LogP contribution in [0.2, 0.25) is 0 Å². The second-order valence-corrected chi connectivity index (χ2v) is 3.63. The van der Waals surface area contributed by atoms with Crippen LogP contribution in [0.5, 0.6) is 5.75 Å². The SMILES string of the molecule is CCC(O)(CN)Cc1ccc(O)cc1. The molecule has 0 aliphatic heterocycles. The number of hydrogen-bond acceptors (Lipinski definition) is 3. The quantitative estimate of drug-likeness (QED) is 0.672. The van der Waals surface area contributed by atoms with E-state index in [0.717, 1.165) is 5.56 Å². The van der Waals surface area contributed by atoms with Gasteiger partial charge in [-0.2, -0.15) is 0 Å². The third kappa shape index (κ3) is 2.72. The van der Waals surface area contributed by atoms with Gasteiger partial charge in [0, 0.05) is 13.0 Å². The Morgan fingerprint density at radius 1 is 1.29 bits per heavy atom. The third-order valence-corrected chi connectivity index (χ3v) is 2.51. The van der Waals surface area contributed by atoms with Gasteiger partial charge >= 0.3 is 0 Å². The number of aliphatic hydroxyl groups is 1. The minimum Gasteiger partial charge on any atom is -0.508 e. The fraction of sp³-hybridized carbons (Fsp3) is 0.455. The zero-order chi connectivity index (χ0) is 10.6. The Morgan fingerprint density at radius 3 is 2.29 bits per heavy atom. The van der Waals surface area contributed by atoms with Crippen LogP contribution in [0.15, 0.2) is 24.3 Å². The third-order valence-electron chi connectivity index (χ3n) is 2.51. The number of aromatic hydroxyl groups is 1. The van der Waals surface area contributed by atoms with Gasteiger partial charge in [0.1, 0.15) is 5.75 Å². The Bertz CT molecular complexity index is 278. The lowest BCUT2D eigenvalue weighted by Gasteiger charge is -2.24. The number of phenols is 1. The van der Waals surface area contributed by atoms with E-state index >= 15 is 0 Å². The van der Waals surface area contributed by atoms with E-state index in [2.05, 4.69) is 0 Å². The van der Waals surface area contributed by atoms with E-state index in [1.807, 2.05) is 6.92 Å². The van der Waals surface area contributed by atoms with Crippen LogP contribution in [0.3, 0.4) is 0 Å². The first-order valence-electron chi connectivity index (χ1n) is 4.80. The number of nitrogens with two attached hydrogens (primary N) is 1. The number of benzene rings is 1. The fourth-order valence-corrected chi connectivity index (χ4v) is 1.34. The summed E-state index contributed by atoms with van der Waals surface area (Å²) in [6.07, 6.45) is 1.16. The van der Waals surface area contributed by atoms with Crippen molar-refractivity contribution in [3.8, 4) is 5.75 Å². The summed E-state index contributed by atoms with van der Waals surface area (Å²) in [5.74, 6) is 0.238. The first kappa shape index (κ1) is 11.0. The summed E-state index contributed by atoms with van der Waals surface area (Å²) in [7, 11) is 0. The van der Waals surface area contributed by atoms with Crippen molar-refractivity contribution in [2.45, 2.75) is 25.4 Å². The second kappa shape index (κ2) is 4.44. The fourth-order valence-electron chi connectivity index (χ4n) is 1.34. The molecule has 0 heterocycles. The average Bonchev–Trinajstić information content (AvgIpc) is 2.21. The molecule has 0 bridgehead atoms. The molecule has 0 aliphatic rings. The largest absolute Gasteiger partial charge is 0.508 e. The van der Waals surface area contributed by atoms with Crippen molar-refractivity contribution < 1.29 is 10.2 Å². The van der Waals surface area contributed by atoms with Crippen molar-refractivity contribution in [2.24, 2.45) is 5.73 Å². The van der Waals surface area contributed by atoms with E-state index in [1.54, 1.807) is 24.3 Å². The highest BCUT2D eigenvalue weighted by Gasteiger charge is 2.22. The maximum Gasteiger partial charge on any atom is 0.115 e. The summed E-state index contributed by atoms with van der Waals surface area (Å²) in [6.45, 7) is 2.16. The Balaban J connectivity index is 2.72. The summed E-state index contributed by atoms with van der Waals surface area (Å²) in [4.78, 5) is 0. The van der Waals surface area contributed by atoms with Crippen LogP contribution in [0.25, 0.3) is 0 Å². The highest BCUT2D eigenvalue weighted by molar-refractivity contribution is 5.26. The van der Waals surface area contributed by atoms with E-state index in [4.69, 9.17) is 10.8 Å². The van der Waals surface area contributed by atoms with Crippen molar-refractivity contribution in [3.63, 3.8) is 0 Å². The van der Waals surface area contributed by atoms with Crippen LogP contribution >= 0.6 is 0 Å². The Kier molecular flexibility index (Phi) is 3.49. The second-order valence-electron chi connectivity index (χ2n) is 3.63. The number of hydrogen-bond donors (Lipinski definition) is 3. The van der Waals surface area contributed by atoms with E-state index in [1.165, 1.54) is 0 Å². The molecule has 0 aliphatic carbocycles. The normalized spacial score (nSPS) is 15.1. The predicted octanol–water partition coefficient (Wildman–Crippen LogP) is 1.03. The lowest BCUT2D eigenvalue weighted by molar-refractivity contribution is 0.0456. The summed E-state index contributed by atoms with van der Waals surface area (Å²) < 4.78 is 0. The van der Waals surface area contributed by atoms with Crippen molar-refractivity contribution in [2.75, 3.05) is 6.54 Å². The Labute approximate surface area is 84.2 Å². The molecule has 1 aromatic rings. The minimum atomic E-state index is -0.822. The van der Waals surface area contributed by atoms with Crippen LogP contribution in [0.4, 0.5) is 0 Å². The van der Waals surface area contributed by atoms with Crippen LogP contribution in [-0.4, -0.2) is 22.4 Å². The van der Waals surface area contributed by atoms with Gasteiger partial charge in [0.2, 0.25) is 0 Å². The van der Waals surface area contributed by atoms with Crippen LogP contribution in [0.1, 0.15) is 18.9 Å². The first-order valence-corrected chi connectivity index (χ1v) is 4.80. The highest BCUT2D eigenvalue weighted by atomic mass is 16.3. The Hall–Kier alpha value is -1.06. The lowest BCUT2D eigenvalue weighted by Crippen LogP contribution is -2.39. The molecule has 4 N–H and O–H groups in total. The minimum absolute atomic E-state index is 0.238. The van der Waals surface area contributed by atoms with Gasteiger partial charge in [0.05, 0.1) is 5.60 Å². The van der Waals surface area contributed by atoms with Gasteiger partial charge in [-0.15, -0.1) is 0 Å². The van der Waals surface area contributed by atoms with Crippen LogP contribution in [-0.2, 0) is 6.42 Å². The van der Waals surface area contributed by atoms with Gasteiger partial charge in [-0.1, -0.05) is 19.1 Å². The molecule has 0 saturated heterocycles. The zero-order valence-corrected chi connectivity index (χ0v) is 8.40. The Morgan fingerprint density at radius 2 is 1.86 bits per heavy atom. The first-order chi connectivity index (χ1) is 6.59. The molecular formula is C11H17NO2. The van der Waals surface area contributed by atoms with E-state index in [9.17, 15) is 5.11 Å². The summed E-state index contributed by atoms with van der Waals surface area (Å²) in [5, 5.41) is 19.0. The molecule has 14 heavy (non-hydrogen) atoms. The van der Waals surface area contributed by atoms with Crippen molar-refractivity contribution in [3.05, 3.63) is 29.8 Å². The van der Waals surface area contributed by atoms with E-state index in [0.29, 0.717) is 12.8 Å². The maximum absolute atomic E-state index is 9.96. The molecule has 0 aromatic heterocycles. The van der Waals surface area contributed by atoms with Crippen molar-refractivity contribution >= 4 is 0 Å². The van der Waals surface area contributed by atoms with E-state index < -0.39 is 5.60 Å². The molecule has 0 radical (unpaired) electrons. The topological polar surface area (TPSA) is 66.5 Å². The molecule has 1 atom stereocenters. The van der Waals surface area contributed by atoms with Gasteiger partial charge in [-0.05, 0) is 24.1 Å². The van der Waals surface area contributed by atoms with Crippen LogP contribution < -0.4 is 5.73 Å². The summed E-state index contributed by atoms with van der Waals surface area (Å²) >= 11 is 0. The zero-order valence-electron chi connectivity index (χ0n) is 8.40. The van der Waals surface area contributed by atoms with Gasteiger partial charge in [-0.3, -0.25) is 0 Å². The molecule has 3 heteroatoms. The van der Waals surface area contributed by atoms with Crippen molar-refractivity contribution in [1.29, 1.82) is 0 Å². The van der Waals surface area contributed by atoms with Gasteiger partial charge in [0.15, 0.2) is 0 Å². The van der Waals surface area contributed by atoms with Gasteiger partial charge < -0.3 is 15.9 Å². The lowest BCUT2D eigenvalue weighted by atomic mass is 9.92. The van der Waals surface area contributed by atoms with Gasteiger partial charge in [-0.25, -0.2) is 0 Å². The van der Waals surface area contributed by atoms with Crippen LogP contribution in [0, 0.1) is 0 Å². The summed E-state index contributed by atoms with van der Waals surface area (Å²) in [6, 6.07) is 6.82. The molecule has 78 valence electrons. The standard InChI is InChI=1S/C11H17NO2/c1-2-11(14,8-12)7-9-3-5-10(13)6-4-9/h3-6,13-14H,2,7-8,12H2,1H3. The van der Waals surface area contributed by atoms with E-state index in [-0.39, 0.29) is 12.3 Å². The smallest absolute Gasteiger partial charge is 0.115 e. The van der Waals surface area contributed by atoms with Crippen molar-refractivity contribution in [1.82, 2.24) is 0 Å². The van der Waals surface area contributed by atoms with Gasteiger partial charge in [0.25, 0.3) is 0 Å². The summed E-state index contributed by atoms with van der Waals surface area (Å²) in [5.41, 5.74) is 5.66. The molecule has 0 amide bonds. The monoisotopic (exact) mass is 195 g/mol. The molecule has 0 fully saturated rings. The molecule has 1 rings (SSSR count). The average molecular weight is 195 g/mol.